The summed E-state index contributed by atoms with van der Waals surface area (Å²) in [5.41, 5.74) is 6.68. The van der Waals surface area contributed by atoms with Crippen LogP contribution in [0.4, 0.5) is 8.78 Å². The molecule has 0 bridgehead atoms. The van der Waals surface area contributed by atoms with E-state index in [0.29, 0.717) is 0 Å². The molecule has 76 valence electrons. The van der Waals surface area contributed by atoms with Gasteiger partial charge in [0.25, 0.3) is 5.92 Å². The summed E-state index contributed by atoms with van der Waals surface area (Å²) in [5.74, 6) is -2.60. The van der Waals surface area contributed by atoms with E-state index in [1.54, 1.807) is 18.5 Å². The van der Waals surface area contributed by atoms with Crippen LogP contribution in [0.3, 0.4) is 0 Å². The van der Waals surface area contributed by atoms with Crippen LogP contribution in [0.2, 0.25) is 0 Å². The highest BCUT2D eigenvalue weighted by molar-refractivity contribution is 5.33. The molecule has 4 heteroatoms. The quantitative estimate of drug-likeness (QED) is 0.749. The minimum Gasteiger partial charge on any atom is -0.321 e. The summed E-state index contributed by atoms with van der Waals surface area (Å²) >= 11 is 0. The van der Waals surface area contributed by atoms with Crippen molar-refractivity contribution in [3.63, 3.8) is 0 Å². The fourth-order valence-electron chi connectivity index (χ4n) is 2.05. The van der Waals surface area contributed by atoms with Gasteiger partial charge >= 0.3 is 0 Å². The van der Waals surface area contributed by atoms with Gasteiger partial charge < -0.3 is 5.73 Å². The molecule has 14 heavy (non-hydrogen) atoms. The van der Waals surface area contributed by atoms with Crippen LogP contribution in [-0.4, -0.2) is 10.9 Å². The Kier molecular flexibility index (Phi) is 1.86. The molecule has 1 fully saturated rings. The minimum absolute atomic E-state index is 0.271. The van der Waals surface area contributed by atoms with Crippen molar-refractivity contribution in [3.05, 3.63) is 29.6 Å². The number of hydrogen-bond acceptors (Lipinski definition) is 2. The molecule has 1 heterocycles. The molecule has 0 spiro atoms. The van der Waals surface area contributed by atoms with Crippen molar-refractivity contribution in [2.75, 3.05) is 0 Å². The molecule has 1 saturated carbocycles. The van der Waals surface area contributed by atoms with E-state index in [1.165, 1.54) is 0 Å². The molecular weight excluding hydrogens is 186 g/mol. The molecule has 1 aliphatic carbocycles. The smallest absolute Gasteiger partial charge is 0.252 e. The molecule has 2 rings (SSSR count). The zero-order valence-electron chi connectivity index (χ0n) is 7.93. The Labute approximate surface area is 81.1 Å². The predicted octanol–water partition coefficient (Wildman–Crippen LogP) is 1.97. The van der Waals surface area contributed by atoms with E-state index in [1.807, 2.05) is 6.92 Å². The summed E-state index contributed by atoms with van der Waals surface area (Å²) in [6.45, 7) is 1.86. The second-order valence-electron chi connectivity index (χ2n) is 4.06. The summed E-state index contributed by atoms with van der Waals surface area (Å²) in [6.07, 6.45) is 2.68. The third kappa shape index (κ3) is 1.39. The van der Waals surface area contributed by atoms with Crippen molar-refractivity contribution in [2.45, 2.75) is 31.2 Å². The lowest BCUT2D eigenvalue weighted by Gasteiger charge is -2.45. The Morgan fingerprint density at radius 3 is 2.57 bits per heavy atom. The number of halogens is 2. The number of nitrogens with two attached hydrogens (primary N) is 1. The molecule has 0 atom stereocenters. The molecule has 0 radical (unpaired) electrons. The zero-order chi connectivity index (χ0) is 10.4. The highest BCUT2D eigenvalue weighted by Crippen LogP contribution is 2.50. The first-order valence-electron chi connectivity index (χ1n) is 4.51. The van der Waals surface area contributed by atoms with Crippen molar-refractivity contribution in [3.8, 4) is 0 Å². The van der Waals surface area contributed by atoms with Gasteiger partial charge in [0.1, 0.15) is 0 Å². The lowest BCUT2D eigenvalue weighted by molar-refractivity contribution is -0.125. The van der Waals surface area contributed by atoms with Crippen LogP contribution >= 0.6 is 0 Å². The third-order valence-corrected chi connectivity index (χ3v) is 2.72. The molecule has 1 aliphatic rings. The Hall–Kier alpha value is -1.03. The molecule has 1 aromatic rings. The molecule has 0 unspecified atom stereocenters. The van der Waals surface area contributed by atoms with Crippen molar-refractivity contribution in [1.29, 1.82) is 0 Å². The molecule has 2 nitrogen and oxygen atoms in total. The first kappa shape index (κ1) is 9.52. The molecule has 0 saturated heterocycles. The average Bonchev–Trinajstić information content (AvgIpc) is 2.00. The number of aryl methyl sites for hydroxylation is 1. The van der Waals surface area contributed by atoms with Crippen molar-refractivity contribution < 1.29 is 8.78 Å². The minimum atomic E-state index is -2.60. The normalized spacial score (nSPS) is 22.9. The molecule has 1 aromatic heterocycles. The maximum Gasteiger partial charge on any atom is 0.252 e. The predicted molar refractivity (Wildman–Crippen MR) is 49.0 cm³/mol. The largest absolute Gasteiger partial charge is 0.321 e. The van der Waals surface area contributed by atoms with Crippen molar-refractivity contribution in [2.24, 2.45) is 5.73 Å². The van der Waals surface area contributed by atoms with Gasteiger partial charge in [0.05, 0.1) is 5.54 Å². The number of aromatic nitrogens is 1. The summed E-state index contributed by atoms with van der Waals surface area (Å²) in [4.78, 5) is 3.92. The number of hydrogen-bond donors (Lipinski definition) is 1. The molecule has 0 aliphatic heterocycles. The van der Waals surface area contributed by atoms with Gasteiger partial charge in [-0.25, -0.2) is 8.78 Å². The Balaban J connectivity index is 2.30. The van der Waals surface area contributed by atoms with E-state index in [0.717, 1.165) is 11.1 Å². The Morgan fingerprint density at radius 1 is 1.43 bits per heavy atom. The van der Waals surface area contributed by atoms with Gasteiger partial charge in [-0.2, -0.15) is 0 Å². The maximum atomic E-state index is 12.8. The Bertz CT molecular complexity index is 355. The lowest BCUT2D eigenvalue weighted by Crippen LogP contribution is -2.55. The van der Waals surface area contributed by atoms with Gasteiger partial charge in [-0.15, -0.1) is 0 Å². The summed E-state index contributed by atoms with van der Waals surface area (Å²) in [7, 11) is 0. The number of nitrogens with zero attached hydrogens (tertiary/aromatic N) is 1. The van der Waals surface area contributed by atoms with E-state index >= 15 is 0 Å². The van der Waals surface area contributed by atoms with E-state index in [2.05, 4.69) is 4.98 Å². The SMILES string of the molecule is Cc1ccncc1C1(N)CC(F)(F)C1. The van der Waals surface area contributed by atoms with Crippen LogP contribution in [0.5, 0.6) is 0 Å². The molecule has 2 N–H and O–H groups in total. The van der Waals surface area contributed by atoms with Crippen LogP contribution in [0.1, 0.15) is 24.0 Å². The van der Waals surface area contributed by atoms with E-state index in [-0.39, 0.29) is 12.8 Å². The second-order valence-corrected chi connectivity index (χ2v) is 4.06. The lowest BCUT2D eigenvalue weighted by atomic mass is 9.69. The second kappa shape index (κ2) is 2.73. The number of alkyl halides is 2. The fourth-order valence-corrected chi connectivity index (χ4v) is 2.05. The molecule has 0 amide bonds. The van der Waals surface area contributed by atoms with Gasteiger partial charge in [-0.1, -0.05) is 0 Å². The van der Waals surface area contributed by atoms with Gasteiger partial charge in [0.15, 0.2) is 0 Å². The summed E-state index contributed by atoms with van der Waals surface area (Å²) in [5, 5.41) is 0. The van der Waals surface area contributed by atoms with Crippen LogP contribution in [0.15, 0.2) is 18.5 Å². The van der Waals surface area contributed by atoms with Gasteiger partial charge in [0, 0.05) is 25.2 Å². The number of pyridine rings is 1. The average molecular weight is 198 g/mol. The van der Waals surface area contributed by atoms with Gasteiger partial charge in [-0.05, 0) is 24.1 Å². The first-order chi connectivity index (χ1) is 6.43. The van der Waals surface area contributed by atoms with Gasteiger partial charge in [-0.3, -0.25) is 4.98 Å². The van der Waals surface area contributed by atoms with E-state index < -0.39 is 11.5 Å². The fraction of sp³-hybridized carbons (Fsp3) is 0.500. The van der Waals surface area contributed by atoms with Crippen LogP contribution in [0.25, 0.3) is 0 Å². The highest BCUT2D eigenvalue weighted by Gasteiger charge is 2.55. The van der Waals surface area contributed by atoms with Crippen molar-refractivity contribution >= 4 is 0 Å². The van der Waals surface area contributed by atoms with Crippen LogP contribution < -0.4 is 5.73 Å². The zero-order valence-corrected chi connectivity index (χ0v) is 7.93. The maximum absolute atomic E-state index is 12.8. The van der Waals surface area contributed by atoms with Gasteiger partial charge in [0.2, 0.25) is 0 Å². The monoisotopic (exact) mass is 198 g/mol. The highest BCUT2D eigenvalue weighted by atomic mass is 19.3. The summed E-state index contributed by atoms with van der Waals surface area (Å²) in [6, 6.07) is 1.79. The van der Waals surface area contributed by atoms with Crippen LogP contribution in [-0.2, 0) is 5.54 Å². The standard InChI is InChI=1S/C10H12F2N2/c1-7-2-3-14-4-8(7)9(13)5-10(11,12)6-9/h2-4H,5-6,13H2,1H3. The molecular formula is C10H12F2N2. The Morgan fingerprint density at radius 2 is 2.07 bits per heavy atom. The molecule has 0 aromatic carbocycles. The van der Waals surface area contributed by atoms with E-state index in [4.69, 9.17) is 5.73 Å². The summed E-state index contributed by atoms with van der Waals surface area (Å²) < 4.78 is 25.5. The third-order valence-electron chi connectivity index (χ3n) is 2.72. The first-order valence-corrected chi connectivity index (χ1v) is 4.51. The van der Waals surface area contributed by atoms with Crippen LogP contribution in [0, 0.1) is 6.92 Å². The van der Waals surface area contributed by atoms with E-state index in [9.17, 15) is 8.78 Å². The van der Waals surface area contributed by atoms with Crippen molar-refractivity contribution in [1.82, 2.24) is 4.98 Å². The topological polar surface area (TPSA) is 38.9 Å². The number of rotatable bonds is 1.